The third-order valence-electron chi connectivity index (χ3n) is 4.51. The van der Waals surface area contributed by atoms with E-state index in [9.17, 15) is 4.79 Å². The van der Waals surface area contributed by atoms with E-state index in [2.05, 4.69) is 38.8 Å². The highest BCUT2D eigenvalue weighted by Crippen LogP contribution is 2.27. The lowest BCUT2D eigenvalue weighted by Crippen LogP contribution is -2.15. The highest BCUT2D eigenvalue weighted by atomic mass is 16.5. The van der Waals surface area contributed by atoms with Gasteiger partial charge in [0.05, 0.1) is 5.56 Å². The molecule has 0 fully saturated rings. The molecule has 7 nitrogen and oxygen atoms in total. The third-order valence-corrected chi connectivity index (χ3v) is 4.51. The number of hydrogen-bond acceptors (Lipinski definition) is 5. The Morgan fingerprint density at radius 1 is 1.33 bits per heavy atom. The Morgan fingerprint density at radius 3 is 2.92 bits per heavy atom. The first-order chi connectivity index (χ1) is 11.5. The summed E-state index contributed by atoms with van der Waals surface area (Å²) in [6.45, 7) is 7.04. The molecule has 0 atom stereocenters. The molecule has 0 bridgehead atoms. The molecule has 3 aromatic rings. The molecule has 24 heavy (non-hydrogen) atoms. The monoisotopic (exact) mass is 325 g/mol. The maximum Gasteiger partial charge on any atom is 0.278 e. The van der Waals surface area contributed by atoms with Crippen LogP contribution in [0.25, 0.3) is 23.0 Å². The van der Waals surface area contributed by atoms with Crippen LogP contribution in [0.3, 0.4) is 0 Å². The second kappa shape index (κ2) is 5.43. The average molecular weight is 325 g/mol. The van der Waals surface area contributed by atoms with Gasteiger partial charge in [-0.1, -0.05) is 19.0 Å². The summed E-state index contributed by atoms with van der Waals surface area (Å²) in [4.78, 5) is 16.9. The van der Waals surface area contributed by atoms with Gasteiger partial charge in [-0.15, -0.1) is 0 Å². The molecule has 0 saturated carbocycles. The van der Waals surface area contributed by atoms with Crippen molar-refractivity contribution in [3.8, 4) is 23.0 Å². The number of aryl methyl sites for hydroxylation is 1. The predicted molar refractivity (Wildman–Crippen MR) is 88.7 cm³/mol. The quantitative estimate of drug-likeness (QED) is 0.799. The van der Waals surface area contributed by atoms with Gasteiger partial charge in [0.25, 0.3) is 5.89 Å². The van der Waals surface area contributed by atoms with E-state index >= 15 is 0 Å². The maximum atomic E-state index is 12.5. The fourth-order valence-corrected chi connectivity index (χ4v) is 3.22. The molecule has 7 heteroatoms. The van der Waals surface area contributed by atoms with E-state index in [4.69, 9.17) is 4.52 Å². The minimum absolute atomic E-state index is 0.0575. The van der Waals surface area contributed by atoms with Crippen molar-refractivity contribution in [2.24, 2.45) is 0 Å². The van der Waals surface area contributed by atoms with Crippen molar-refractivity contribution in [2.45, 2.75) is 46.1 Å². The molecule has 1 aliphatic heterocycles. The van der Waals surface area contributed by atoms with Crippen LogP contribution in [0.15, 0.2) is 21.5 Å². The van der Waals surface area contributed by atoms with E-state index in [-0.39, 0.29) is 5.43 Å². The summed E-state index contributed by atoms with van der Waals surface area (Å²) in [5.41, 5.74) is 4.07. The average Bonchev–Trinajstić information content (AvgIpc) is 3.27. The Kier molecular flexibility index (Phi) is 3.37. The van der Waals surface area contributed by atoms with Crippen LogP contribution in [0.4, 0.5) is 0 Å². The van der Waals surface area contributed by atoms with Gasteiger partial charge in [-0.25, -0.2) is 0 Å². The van der Waals surface area contributed by atoms with Crippen LogP contribution in [-0.4, -0.2) is 24.9 Å². The van der Waals surface area contributed by atoms with Crippen LogP contribution >= 0.6 is 0 Å². The van der Waals surface area contributed by atoms with Gasteiger partial charge in [-0.2, -0.15) is 10.1 Å². The predicted octanol–water partition coefficient (Wildman–Crippen LogP) is 2.67. The summed E-state index contributed by atoms with van der Waals surface area (Å²) in [7, 11) is 0. The number of nitrogens with zero attached hydrogens (tertiary/aromatic N) is 4. The molecule has 4 rings (SSSR count). The second-order valence-electron chi connectivity index (χ2n) is 6.51. The number of fused-ring (bicyclic) bond motifs is 1. The van der Waals surface area contributed by atoms with Gasteiger partial charge in [-0.05, 0) is 31.7 Å². The van der Waals surface area contributed by atoms with Gasteiger partial charge in [0.15, 0.2) is 11.1 Å². The zero-order valence-corrected chi connectivity index (χ0v) is 14.0. The molecule has 124 valence electrons. The van der Waals surface area contributed by atoms with E-state index in [1.807, 2.05) is 13.0 Å². The largest absolute Gasteiger partial charge is 0.348 e. The molecular formula is C17H19N5O2. The molecule has 3 aromatic heterocycles. The minimum Gasteiger partial charge on any atom is -0.348 e. The Bertz CT molecular complexity index is 964. The molecule has 0 saturated heterocycles. The summed E-state index contributed by atoms with van der Waals surface area (Å²) in [5, 5.41) is 11.2. The number of H-pyrrole nitrogens is 1. The Morgan fingerprint density at radius 2 is 2.17 bits per heavy atom. The van der Waals surface area contributed by atoms with Crippen molar-refractivity contribution >= 4 is 0 Å². The zero-order chi connectivity index (χ0) is 16.8. The SMILES string of the molecule is Cc1cc(=O)c(-c2noc(-c3cc(C(C)C)[nH]n3)n2)c2n1CCC2. The number of rotatable bonds is 3. The van der Waals surface area contributed by atoms with Crippen molar-refractivity contribution < 1.29 is 4.52 Å². The van der Waals surface area contributed by atoms with Gasteiger partial charge < -0.3 is 9.09 Å². The first-order valence-electron chi connectivity index (χ1n) is 8.17. The van der Waals surface area contributed by atoms with Gasteiger partial charge in [0, 0.05) is 29.7 Å². The van der Waals surface area contributed by atoms with E-state index in [0.717, 1.165) is 36.5 Å². The molecule has 0 aromatic carbocycles. The Hall–Kier alpha value is -2.70. The molecule has 4 heterocycles. The number of aromatic amines is 1. The molecule has 1 N–H and O–H groups in total. The van der Waals surface area contributed by atoms with Crippen molar-refractivity contribution in [3.63, 3.8) is 0 Å². The fourth-order valence-electron chi connectivity index (χ4n) is 3.22. The summed E-state index contributed by atoms with van der Waals surface area (Å²) >= 11 is 0. The number of nitrogens with one attached hydrogen (secondary N) is 1. The molecule has 0 spiro atoms. The van der Waals surface area contributed by atoms with E-state index in [0.29, 0.717) is 28.9 Å². The molecule has 1 aliphatic rings. The van der Waals surface area contributed by atoms with Gasteiger partial charge in [0.2, 0.25) is 5.82 Å². The minimum atomic E-state index is -0.0575. The van der Waals surface area contributed by atoms with Gasteiger partial charge in [0.1, 0.15) is 0 Å². The molecule has 0 radical (unpaired) electrons. The standard InChI is InChI=1S/C17H19N5O2/c1-9(2)11-8-12(20-19-11)17-18-16(21-24-17)15-13-5-4-6-22(13)10(3)7-14(15)23/h7-9H,4-6H2,1-3H3,(H,19,20). The number of pyridine rings is 1. The first-order valence-corrected chi connectivity index (χ1v) is 8.17. The smallest absolute Gasteiger partial charge is 0.278 e. The Labute approximate surface area is 138 Å². The highest BCUT2D eigenvalue weighted by Gasteiger charge is 2.24. The van der Waals surface area contributed by atoms with Gasteiger partial charge in [-0.3, -0.25) is 9.89 Å². The third kappa shape index (κ3) is 2.28. The van der Waals surface area contributed by atoms with Crippen molar-refractivity contribution in [2.75, 3.05) is 0 Å². The van der Waals surface area contributed by atoms with Crippen LogP contribution in [0.2, 0.25) is 0 Å². The van der Waals surface area contributed by atoms with E-state index in [1.165, 1.54) is 0 Å². The topological polar surface area (TPSA) is 89.6 Å². The van der Waals surface area contributed by atoms with Crippen molar-refractivity contribution in [1.29, 1.82) is 0 Å². The molecule has 0 aliphatic carbocycles. The Balaban J connectivity index is 1.79. The van der Waals surface area contributed by atoms with Crippen LogP contribution in [0.5, 0.6) is 0 Å². The highest BCUT2D eigenvalue weighted by molar-refractivity contribution is 5.61. The zero-order valence-electron chi connectivity index (χ0n) is 14.0. The molecule has 0 amide bonds. The summed E-state index contributed by atoms with van der Waals surface area (Å²) in [6, 6.07) is 3.54. The molecule has 0 unspecified atom stereocenters. The van der Waals surface area contributed by atoms with Crippen molar-refractivity contribution in [1.82, 2.24) is 24.9 Å². The summed E-state index contributed by atoms with van der Waals surface area (Å²) in [6.07, 6.45) is 1.88. The lowest BCUT2D eigenvalue weighted by atomic mass is 10.1. The normalized spacial score (nSPS) is 13.7. The van der Waals surface area contributed by atoms with Crippen LogP contribution in [-0.2, 0) is 13.0 Å². The van der Waals surface area contributed by atoms with Gasteiger partial charge >= 0.3 is 0 Å². The number of aromatic nitrogens is 5. The van der Waals surface area contributed by atoms with E-state index < -0.39 is 0 Å². The summed E-state index contributed by atoms with van der Waals surface area (Å²) < 4.78 is 7.52. The van der Waals surface area contributed by atoms with Crippen LogP contribution in [0, 0.1) is 6.92 Å². The lowest BCUT2D eigenvalue weighted by Gasteiger charge is -2.10. The van der Waals surface area contributed by atoms with Crippen LogP contribution < -0.4 is 5.43 Å². The van der Waals surface area contributed by atoms with E-state index in [1.54, 1.807) is 6.07 Å². The van der Waals surface area contributed by atoms with Crippen LogP contribution in [0.1, 0.15) is 43.3 Å². The fraction of sp³-hybridized carbons (Fsp3) is 0.412. The lowest BCUT2D eigenvalue weighted by molar-refractivity contribution is 0.430. The summed E-state index contributed by atoms with van der Waals surface area (Å²) in [5.74, 6) is 0.998. The van der Waals surface area contributed by atoms with Crippen molar-refractivity contribution in [3.05, 3.63) is 39.4 Å². The molecular weight excluding hydrogens is 306 g/mol. The number of hydrogen-bond donors (Lipinski definition) is 1. The first kappa shape index (κ1) is 14.9. The second-order valence-corrected chi connectivity index (χ2v) is 6.51. The maximum absolute atomic E-state index is 12.5.